The predicted molar refractivity (Wildman–Crippen MR) is 100 cm³/mol. The molecule has 3 heteroatoms. The van der Waals surface area contributed by atoms with Gasteiger partial charge in [0, 0.05) is 45.1 Å². The van der Waals surface area contributed by atoms with Crippen molar-refractivity contribution in [3.63, 3.8) is 0 Å². The summed E-state index contributed by atoms with van der Waals surface area (Å²) in [6.07, 6.45) is 2.84. The second-order valence-electron chi connectivity index (χ2n) is 7.24. The molecule has 2 aromatic rings. The van der Waals surface area contributed by atoms with Crippen molar-refractivity contribution in [3.05, 3.63) is 71.3 Å². The van der Waals surface area contributed by atoms with Gasteiger partial charge in [0.2, 0.25) is 5.91 Å². The average molecular weight is 334 g/mol. The number of carbonyl (C=O) groups excluding carboxylic acids is 1. The fourth-order valence-electron chi connectivity index (χ4n) is 4.25. The van der Waals surface area contributed by atoms with Gasteiger partial charge in [-0.25, -0.2) is 0 Å². The highest BCUT2D eigenvalue weighted by molar-refractivity contribution is 5.77. The van der Waals surface area contributed by atoms with Gasteiger partial charge in [-0.15, -0.1) is 0 Å². The van der Waals surface area contributed by atoms with Crippen molar-refractivity contribution in [1.29, 1.82) is 0 Å². The van der Waals surface area contributed by atoms with Crippen LogP contribution in [-0.2, 0) is 11.3 Å². The normalized spacial score (nSPS) is 20.7. The highest BCUT2D eigenvalue weighted by Crippen LogP contribution is 2.33. The van der Waals surface area contributed by atoms with Crippen molar-refractivity contribution in [2.75, 3.05) is 26.2 Å². The molecule has 0 bridgehead atoms. The van der Waals surface area contributed by atoms with E-state index in [4.69, 9.17) is 0 Å². The van der Waals surface area contributed by atoms with Crippen LogP contribution in [0.2, 0.25) is 0 Å². The predicted octanol–water partition coefficient (Wildman–Crippen LogP) is 3.65. The van der Waals surface area contributed by atoms with Gasteiger partial charge in [0.1, 0.15) is 0 Å². The van der Waals surface area contributed by atoms with Crippen LogP contribution < -0.4 is 0 Å². The fraction of sp³-hybridized carbons (Fsp3) is 0.409. The fourth-order valence-corrected chi connectivity index (χ4v) is 4.25. The van der Waals surface area contributed by atoms with Crippen LogP contribution in [0.3, 0.4) is 0 Å². The monoisotopic (exact) mass is 334 g/mol. The minimum absolute atomic E-state index is 0.339. The summed E-state index contributed by atoms with van der Waals surface area (Å²) in [6.45, 7) is 5.01. The van der Waals surface area contributed by atoms with Crippen molar-refractivity contribution in [2.45, 2.75) is 31.7 Å². The second kappa shape index (κ2) is 7.40. The molecule has 4 rings (SSSR count). The summed E-state index contributed by atoms with van der Waals surface area (Å²) in [6, 6.07) is 19.7. The summed E-state index contributed by atoms with van der Waals surface area (Å²) < 4.78 is 0. The zero-order valence-electron chi connectivity index (χ0n) is 14.7. The van der Waals surface area contributed by atoms with E-state index in [0.717, 1.165) is 52.0 Å². The third kappa shape index (κ3) is 3.62. The SMILES string of the molecule is O=C1CCCN1CCCN1Cc2ccccc2[C@@H](c2ccccc2)C1. The van der Waals surface area contributed by atoms with Crippen molar-refractivity contribution in [1.82, 2.24) is 9.80 Å². The topological polar surface area (TPSA) is 23.6 Å². The number of rotatable bonds is 5. The van der Waals surface area contributed by atoms with Crippen LogP contribution in [0.15, 0.2) is 54.6 Å². The molecule has 25 heavy (non-hydrogen) atoms. The quantitative estimate of drug-likeness (QED) is 0.833. The van der Waals surface area contributed by atoms with Crippen LogP contribution in [0.1, 0.15) is 41.9 Å². The van der Waals surface area contributed by atoms with Crippen LogP contribution in [-0.4, -0.2) is 41.9 Å². The molecule has 130 valence electrons. The first-order chi connectivity index (χ1) is 12.3. The molecule has 0 radical (unpaired) electrons. The molecule has 1 saturated heterocycles. The first-order valence-corrected chi connectivity index (χ1v) is 9.44. The third-order valence-corrected chi connectivity index (χ3v) is 5.54. The van der Waals surface area contributed by atoms with Crippen LogP contribution in [0.25, 0.3) is 0 Å². The van der Waals surface area contributed by atoms with Crippen LogP contribution in [0.4, 0.5) is 0 Å². The Morgan fingerprint density at radius 3 is 2.56 bits per heavy atom. The molecule has 1 atom stereocenters. The number of nitrogens with zero attached hydrogens (tertiary/aromatic N) is 2. The summed E-state index contributed by atoms with van der Waals surface area (Å²) in [7, 11) is 0. The van der Waals surface area contributed by atoms with E-state index in [-0.39, 0.29) is 0 Å². The smallest absolute Gasteiger partial charge is 0.222 e. The zero-order chi connectivity index (χ0) is 17.1. The van der Waals surface area contributed by atoms with Gasteiger partial charge in [-0.05, 0) is 29.5 Å². The maximum Gasteiger partial charge on any atom is 0.222 e. The van der Waals surface area contributed by atoms with Gasteiger partial charge >= 0.3 is 0 Å². The van der Waals surface area contributed by atoms with E-state index in [9.17, 15) is 4.79 Å². The number of hydrogen-bond acceptors (Lipinski definition) is 2. The number of amides is 1. The number of benzene rings is 2. The molecule has 2 aliphatic rings. The van der Waals surface area contributed by atoms with E-state index in [1.54, 1.807) is 0 Å². The molecule has 3 nitrogen and oxygen atoms in total. The number of likely N-dealkylation sites (tertiary alicyclic amines) is 1. The maximum absolute atomic E-state index is 11.8. The average Bonchev–Trinajstić information content (AvgIpc) is 3.07. The Morgan fingerprint density at radius 1 is 0.960 bits per heavy atom. The van der Waals surface area contributed by atoms with Gasteiger partial charge < -0.3 is 4.90 Å². The van der Waals surface area contributed by atoms with E-state index >= 15 is 0 Å². The molecule has 2 aromatic carbocycles. The number of carbonyl (C=O) groups is 1. The van der Waals surface area contributed by atoms with Gasteiger partial charge in [0.05, 0.1) is 0 Å². The lowest BCUT2D eigenvalue weighted by Gasteiger charge is -2.35. The molecule has 2 aliphatic heterocycles. The molecule has 0 spiro atoms. The highest BCUT2D eigenvalue weighted by Gasteiger charge is 2.26. The van der Waals surface area contributed by atoms with Crippen LogP contribution in [0.5, 0.6) is 0 Å². The molecule has 0 aliphatic carbocycles. The van der Waals surface area contributed by atoms with Gasteiger partial charge in [-0.2, -0.15) is 0 Å². The Balaban J connectivity index is 1.45. The standard InChI is InChI=1S/C22H26N2O/c25-22-12-6-14-24(22)15-7-13-23-16-19-10-4-5-11-20(19)21(17-23)18-8-2-1-3-9-18/h1-5,8-11,21H,6-7,12-17H2/t21-/m1/s1. The lowest BCUT2D eigenvalue weighted by Crippen LogP contribution is -2.36. The molecule has 0 N–H and O–H groups in total. The minimum atomic E-state index is 0.339. The van der Waals surface area contributed by atoms with Gasteiger partial charge in [-0.1, -0.05) is 54.6 Å². The van der Waals surface area contributed by atoms with Gasteiger partial charge in [0.15, 0.2) is 0 Å². The number of fused-ring (bicyclic) bond motifs is 1. The molecule has 0 aromatic heterocycles. The zero-order valence-corrected chi connectivity index (χ0v) is 14.7. The minimum Gasteiger partial charge on any atom is -0.343 e. The van der Waals surface area contributed by atoms with Crippen LogP contribution >= 0.6 is 0 Å². The lowest BCUT2D eigenvalue weighted by molar-refractivity contribution is -0.127. The van der Waals surface area contributed by atoms with Gasteiger partial charge in [0.25, 0.3) is 0 Å². The van der Waals surface area contributed by atoms with Crippen LogP contribution in [0, 0.1) is 0 Å². The molecule has 1 amide bonds. The first kappa shape index (κ1) is 16.3. The Morgan fingerprint density at radius 2 is 1.76 bits per heavy atom. The van der Waals surface area contributed by atoms with E-state index in [0.29, 0.717) is 11.8 Å². The van der Waals surface area contributed by atoms with Crippen molar-refractivity contribution >= 4 is 5.91 Å². The highest BCUT2D eigenvalue weighted by atomic mass is 16.2. The summed E-state index contributed by atoms with van der Waals surface area (Å²) in [5, 5.41) is 0. The molecule has 0 saturated carbocycles. The summed E-state index contributed by atoms with van der Waals surface area (Å²) in [4.78, 5) is 16.4. The summed E-state index contributed by atoms with van der Waals surface area (Å²) >= 11 is 0. The lowest BCUT2D eigenvalue weighted by atomic mass is 9.84. The third-order valence-electron chi connectivity index (χ3n) is 5.54. The Labute approximate surface area is 150 Å². The van der Waals surface area contributed by atoms with E-state index in [1.165, 1.54) is 16.7 Å². The van der Waals surface area contributed by atoms with Gasteiger partial charge in [-0.3, -0.25) is 9.69 Å². The van der Waals surface area contributed by atoms with E-state index in [1.807, 2.05) is 4.90 Å². The van der Waals surface area contributed by atoms with Crippen molar-refractivity contribution in [3.8, 4) is 0 Å². The van der Waals surface area contributed by atoms with Crippen molar-refractivity contribution in [2.24, 2.45) is 0 Å². The Hall–Kier alpha value is -2.13. The maximum atomic E-state index is 11.8. The van der Waals surface area contributed by atoms with E-state index in [2.05, 4.69) is 59.5 Å². The van der Waals surface area contributed by atoms with E-state index < -0.39 is 0 Å². The Bertz CT molecular complexity index is 728. The second-order valence-corrected chi connectivity index (χ2v) is 7.24. The molecule has 0 unspecified atom stereocenters. The Kier molecular flexibility index (Phi) is 4.84. The summed E-state index contributed by atoms with van der Waals surface area (Å²) in [5.74, 6) is 0.783. The first-order valence-electron chi connectivity index (χ1n) is 9.44. The molecule has 2 heterocycles. The largest absolute Gasteiger partial charge is 0.343 e. The van der Waals surface area contributed by atoms with Crippen molar-refractivity contribution < 1.29 is 4.79 Å². The molecular formula is C22H26N2O. The number of hydrogen-bond donors (Lipinski definition) is 0. The molecular weight excluding hydrogens is 308 g/mol. The molecule has 1 fully saturated rings. The summed E-state index contributed by atoms with van der Waals surface area (Å²) in [5.41, 5.74) is 4.31.